The summed E-state index contributed by atoms with van der Waals surface area (Å²) in [5.41, 5.74) is 2.62. The van der Waals surface area contributed by atoms with E-state index >= 15 is 0 Å². The number of carbonyl (C=O) groups is 2. The summed E-state index contributed by atoms with van der Waals surface area (Å²) in [5, 5.41) is 0. The molecule has 4 nitrogen and oxygen atoms in total. The SMILES string of the molecule is CCCCCCCCOC(=O)c1ccccc1C(=O)Oc1ccc(C)c(C)c1. The molecule has 0 amide bonds. The van der Waals surface area contributed by atoms with Gasteiger partial charge in [0.25, 0.3) is 0 Å². The van der Waals surface area contributed by atoms with Crippen molar-refractivity contribution >= 4 is 11.9 Å². The summed E-state index contributed by atoms with van der Waals surface area (Å²) in [4.78, 5) is 25.0. The molecule has 0 aliphatic rings. The summed E-state index contributed by atoms with van der Waals surface area (Å²) in [6, 6.07) is 12.1. The molecule has 0 atom stereocenters. The fraction of sp³-hybridized carbons (Fsp3) is 0.417. The minimum atomic E-state index is -0.560. The van der Waals surface area contributed by atoms with E-state index < -0.39 is 11.9 Å². The maximum atomic E-state index is 12.6. The van der Waals surface area contributed by atoms with Gasteiger partial charge < -0.3 is 9.47 Å². The Morgan fingerprint density at radius 2 is 1.43 bits per heavy atom. The summed E-state index contributed by atoms with van der Waals surface area (Å²) < 4.78 is 10.8. The van der Waals surface area contributed by atoms with E-state index in [9.17, 15) is 9.59 Å². The Kier molecular flexibility index (Phi) is 8.73. The van der Waals surface area contributed by atoms with Crippen LogP contribution in [0, 0.1) is 13.8 Å². The topological polar surface area (TPSA) is 52.6 Å². The molecule has 28 heavy (non-hydrogen) atoms. The summed E-state index contributed by atoms with van der Waals surface area (Å²) in [7, 11) is 0. The number of ether oxygens (including phenoxy) is 2. The lowest BCUT2D eigenvalue weighted by molar-refractivity contribution is 0.0489. The molecule has 4 heteroatoms. The van der Waals surface area contributed by atoms with Crippen LogP contribution in [0.5, 0.6) is 5.75 Å². The molecular formula is C24H30O4. The van der Waals surface area contributed by atoms with Gasteiger partial charge in [-0.05, 0) is 55.7 Å². The van der Waals surface area contributed by atoms with Crippen molar-refractivity contribution in [2.45, 2.75) is 59.3 Å². The lowest BCUT2D eigenvalue weighted by Gasteiger charge is -2.10. The number of hydrogen-bond donors (Lipinski definition) is 0. The third kappa shape index (κ3) is 6.52. The maximum Gasteiger partial charge on any atom is 0.344 e. The first-order chi connectivity index (χ1) is 13.5. The van der Waals surface area contributed by atoms with Gasteiger partial charge in [-0.1, -0.05) is 57.2 Å². The Hall–Kier alpha value is -2.62. The average Bonchev–Trinajstić information content (AvgIpc) is 2.70. The standard InChI is InChI=1S/C24H30O4/c1-4-5-6-7-8-11-16-27-23(25)21-12-9-10-13-22(21)24(26)28-20-15-14-18(2)19(3)17-20/h9-10,12-15,17H,4-8,11,16H2,1-3H3. The number of aryl methyl sites for hydroxylation is 2. The van der Waals surface area contributed by atoms with Gasteiger partial charge in [-0.3, -0.25) is 0 Å². The van der Waals surface area contributed by atoms with E-state index in [2.05, 4.69) is 6.92 Å². The van der Waals surface area contributed by atoms with Crippen molar-refractivity contribution in [2.24, 2.45) is 0 Å². The lowest BCUT2D eigenvalue weighted by Crippen LogP contribution is -2.16. The second-order valence-electron chi connectivity index (χ2n) is 7.08. The smallest absolute Gasteiger partial charge is 0.344 e. The molecule has 0 saturated carbocycles. The van der Waals surface area contributed by atoms with Gasteiger partial charge in [0.15, 0.2) is 0 Å². The van der Waals surface area contributed by atoms with Crippen LogP contribution in [0.1, 0.15) is 77.3 Å². The summed E-state index contributed by atoms with van der Waals surface area (Å²) in [6.07, 6.45) is 6.72. The first kappa shape index (κ1) is 21.7. The van der Waals surface area contributed by atoms with Crippen molar-refractivity contribution in [2.75, 3.05) is 6.61 Å². The molecule has 2 aromatic rings. The predicted octanol–water partition coefficient (Wildman–Crippen LogP) is 6.04. The van der Waals surface area contributed by atoms with Crippen LogP contribution < -0.4 is 4.74 Å². The maximum absolute atomic E-state index is 12.6. The fourth-order valence-corrected chi connectivity index (χ4v) is 2.90. The summed E-state index contributed by atoms with van der Waals surface area (Å²) in [6.45, 7) is 6.51. The van der Waals surface area contributed by atoms with Gasteiger partial charge in [-0.2, -0.15) is 0 Å². The van der Waals surface area contributed by atoms with E-state index in [0.29, 0.717) is 12.4 Å². The Morgan fingerprint density at radius 3 is 2.11 bits per heavy atom. The first-order valence-corrected chi connectivity index (χ1v) is 10.1. The lowest BCUT2D eigenvalue weighted by atomic mass is 10.1. The number of hydrogen-bond acceptors (Lipinski definition) is 4. The van der Waals surface area contributed by atoms with Gasteiger partial charge in [-0.25, -0.2) is 9.59 Å². The quantitative estimate of drug-likeness (QED) is 0.285. The van der Waals surface area contributed by atoms with E-state index in [0.717, 1.165) is 30.4 Å². The predicted molar refractivity (Wildman–Crippen MR) is 111 cm³/mol. The number of unbranched alkanes of at least 4 members (excludes halogenated alkanes) is 5. The number of rotatable bonds is 10. The second-order valence-corrected chi connectivity index (χ2v) is 7.08. The molecule has 0 unspecified atom stereocenters. The highest BCUT2D eigenvalue weighted by Gasteiger charge is 2.19. The van der Waals surface area contributed by atoms with E-state index in [1.54, 1.807) is 30.3 Å². The normalized spacial score (nSPS) is 10.5. The van der Waals surface area contributed by atoms with Crippen LogP contribution in [0.25, 0.3) is 0 Å². The zero-order valence-electron chi connectivity index (χ0n) is 17.1. The molecule has 0 spiro atoms. The Balaban J connectivity index is 1.94. The molecule has 2 aromatic carbocycles. The van der Waals surface area contributed by atoms with Crippen LogP contribution in [0.4, 0.5) is 0 Å². The van der Waals surface area contributed by atoms with Crippen LogP contribution in [-0.2, 0) is 4.74 Å². The largest absolute Gasteiger partial charge is 0.462 e. The molecule has 0 N–H and O–H groups in total. The zero-order chi connectivity index (χ0) is 20.4. The van der Waals surface area contributed by atoms with Gasteiger partial charge in [0.1, 0.15) is 5.75 Å². The van der Waals surface area contributed by atoms with Crippen molar-refractivity contribution < 1.29 is 19.1 Å². The van der Waals surface area contributed by atoms with Crippen LogP contribution in [0.3, 0.4) is 0 Å². The van der Waals surface area contributed by atoms with E-state index in [1.807, 2.05) is 26.0 Å². The van der Waals surface area contributed by atoms with Crippen LogP contribution in [0.15, 0.2) is 42.5 Å². The fourth-order valence-electron chi connectivity index (χ4n) is 2.90. The Morgan fingerprint density at radius 1 is 0.786 bits per heavy atom. The molecule has 0 aliphatic carbocycles. The van der Waals surface area contributed by atoms with Crippen LogP contribution in [0.2, 0.25) is 0 Å². The van der Waals surface area contributed by atoms with Gasteiger partial charge >= 0.3 is 11.9 Å². The Bertz CT molecular complexity index is 795. The minimum Gasteiger partial charge on any atom is -0.462 e. The highest BCUT2D eigenvalue weighted by molar-refractivity contribution is 6.03. The zero-order valence-corrected chi connectivity index (χ0v) is 17.1. The van der Waals surface area contributed by atoms with Crippen LogP contribution >= 0.6 is 0 Å². The molecule has 0 saturated heterocycles. The molecule has 0 fully saturated rings. The summed E-state index contributed by atoms with van der Waals surface area (Å²) in [5.74, 6) is -0.583. The monoisotopic (exact) mass is 382 g/mol. The molecule has 0 bridgehead atoms. The Labute approximate surface area is 167 Å². The number of benzene rings is 2. The third-order valence-corrected chi connectivity index (χ3v) is 4.79. The van der Waals surface area contributed by atoms with Crippen molar-refractivity contribution in [3.05, 3.63) is 64.7 Å². The molecule has 0 aliphatic heterocycles. The number of esters is 2. The molecular weight excluding hydrogens is 352 g/mol. The van der Waals surface area contributed by atoms with Gasteiger partial charge in [0.05, 0.1) is 17.7 Å². The van der Waals surface area contributed by atoms with Crippen molar-refractivity contribution in [3.63, 3.8) is 0 Å². The summed E-state index contributed by atoms with van der Waals surface area (Å²) >= 11 is 0. The second kappa shape index (κ2) is 11.3. The van der Waals surface area contributed by atoms with Gasteiger partial charge in [0, 0.05) is 0 Å². The first-order valence-electron chi connectivity index (χ1n) is 10.1. The van der Waals surface area contributed by atoms with E-state index in [1.165, 1.54) is 19.3 Å². The highest BCUT2D eigenvalue weighted by Crippen LogP contribution is 2.19. The van der Waals surface area contributed by atoms with Crippen molar-refractivity contribution in [1.82, 2.24) is 0 Å². The van der Waals surface area contributed by atoms with Gasteiger partial charge in [-0.15, -0.1) is 0 Å². The van der Waals surface area contributed by atoms with E-state index in [-0.39, 0.29) is 11.1 Å². The molecule has 0 aromatic heterocycles. The van der Waals surface area contributed by atoms with Gasteiger partial charge in [0.2, 0.25) is 0 Å². The molecule has 150 valence electrons. The minimum absolute atomic E-state index is 0.216. The van der Waals surface area contributed by atoms with Crippen LogP contribution in [-0.4, -0.2) is 18.5 Å². The average molecular weight is 383 g/mol. The third-order valence-electron chi connectivity index (χ3n) is 4.79. The van der Waals surface area contributed by atoms with Crippen molar-refractivity contribution in [3.8, 4) is 5.75 Å². The molecule has 0 heterocycles. The molecule has 0 radical (unpaired) electrons. The van der Waals surface area contributed by atoms with Crippen molar-refractivity contribution in [1.29, 1.82) is 0 Å². The number of carbonyl (C=O) groups excluding carboxylic acids is 2. The van der Waals surface area contributed by atoms with E-state index in [4.69, 9.17) is 9.47 Å². The highest BCUT2D eigenvalue weighted by atomic mass is 16.5. The molecule has 2 rings (SSSR count).